The molecule has 1 heterocycles. The molecule has 0 unspecified atom stereocenters. The van der Waals surface area contributed by atoms with E-state index in [1.807, 2.05) is 0 Å². The zero-order chi connectivity index (χ0) is 13.3. The van der Waals surface area contributed by atoms with Gasteiger partial charge in [0, 0.05) is 0 Å². The molecular weight excluding hydrogens is 287 g/mol. The molecule has 0 amide bonds. The summed E-state index contributed by atoms with van der Waals surface area (Å²) in [6.07, 6.45) is -4.76. The van der Waals surface area contributed by atoms with Crippen LogP contribution in [-0.2, 0) is 0 Å². The van der Waals surface area contributed by atoms with Gasteiger partial charge in [0.15, 0.2) is 16.0 Å². The van der Waals surface area contributed by atoms with Gasteiger partial charge in [0.05, 0.1) is 4.70 Å². The van der Waals surface area contributed by atoms with Crippen molar-refractivity contribution in [1.82, 2.24) is 4.98 Å². The molecule has 18 heavy (non-hydrogen) atoms. The highest BCUT2D eigenvalue weighted by molar-refractivity contribution is 7.80. The maximum absolute atomic E-state index is 12.2. The summed E-state index contributed by atoms with van der Waals surface area (Å²) in [5.41, 5.74) is 5.37. The van der Waals surface area contributed by atoms with E-state index in [2.05, 4.69) is 27.3 Å². The number of hydrogen-bond donors (Lipinski definition) is 2. The third-order valence-electron chi connectivity index (χ3n) is 1.84. The van der Waals surface area contributed by atoms with Crippen LogP contribution >= 0.6 is 23.6 Å². The van der Waals surface area contributed by atoms with Gasteiger partial charge in [0.1, 0.15) is 5.52 Å². The van der Waals surface area contributed by atoms with Gasteiger partial charge in [-0.15, -0.1) is 13.2 Å². The fourth-order valence-electron chi connectivity index (χ4n) is 1.29. The molecule has 0 saturated heterocycles. The Bertz CT molecular complexity index is 596. The number of aromatic nitrogens is 1. The first-order chi connectivity index (χ1) is 8.35. The standard InChI is InChI=1S/C9H6F3N3OS2/c10-9(11,12)16-4-2-1-3-5-6(4)14-8(18-5)15-7(13)17/h1-3H,(H3,13,14,15,17). The van der Waals surface area contributed by atoms with Crippen LogP contribution in [0.25, 0.3) is 10.2 Å². The molecule has 3 N–H and O–H groups in total. The van der Waals surface area contributed by atoms with Crippen molar-refractivity contribution in [2.24, 2.45) is 5.73 Å². The van der Waals surface area contributed by atoms with Crippen LogP contribution in [0.5, 0.6) is 5.75 Å². The fourth-order valence-corrected chi connectivity index (χ4v) is 2.35. The molecule has 0 aliphatic rings. The Hall–Kier alpha value is -1.61. The highest BCUT2D eigenvalue weighted by Crippen LogP contribution is 2.34. The van der Waals surface area contributed by atoms with E-state index < -0.39 is 6.36 Å². The smallest absolute Gasteiger partial charge is 0.403 e. The summed E-state index contributed by atoms with van der Waals surface area (Å²) in [5, 5.41) is 2.87. The molecule has 96 valence electrons. The molecule has 0 radical (unpaired) electrons. The number of nitrogens with zero attached hydrogens (tertiary/aromatic N) is 1. The van der Waals surface area contributed by atoms with Crippen LogP contribution in [0, 0.1) is 0 Å². The van der Waals surface area contributed by atoms with Gasteiger partial charge in [-0.1, -0.05) is 17.4 Å². The zero-order valence-corrected chi connectivity index (χ0v) is 10.2. The average Bonchev–Trinajstić information content (AvgIpc) is 2.57. The van der Waals surface area contributed by atoms with E-state index in [1.54, 1.807) is 6.07 Å². The predicted molar refractivity (Wildman–Crippen MR) is 66.7 cm³/mol. The number of para-hydroxylation sites is 1. The second-order valence-corrected chi connectivity index (χ2v) is 4.63. The lowest BCUT2D eigenvalue weighted by Crippen LogP contribution is -2.18. The minimum atomic E-state index is -4.76. The van der Waals surface area contributed by atoms with Crippen molar-refractivity contribution >= 4 is 44.0 Å². The fraction of sp³-hybridized carbons (Fsp3) is 0.111. The molecule has 9 heteroatoms. The summed E-state index contributed by atoms with van der Waals surface area (Å²) in [5.74, 6) is -0.354. The molecule has 1 aromatic heterocycles. The highest BCUT2D eigenvalue weighted by Gasteiger charge is 2.32. The van der Waals surface area contributed by atoms with Gasteiger partial charge in [-0.05, 0) is 24.4 Å². The summed E-state index contributed by atoms with van der Waals surface area (Å²) >= 11 is 5.75. The molecule has 0 fully saturated rings. The number of nitrogens with one attached hydrogen (secondary N) is 1. The first-order valence-corrected chi connectivity index (χ1v) is 5.79. The van der Waals surface area contributed by atoms with Gasteiger partial charge in [-0.2, -0.15) is 0 Å². The molecule has 0 atom stereocenters. The largest absolute Gasteiger partial charge is 0.573 e. The van der Waals surface area contributed by atoms with Gasteiger partial charge in [-0.25, -0.2) is 4.98 Å². The number of rotatable bonds is 2. The summed E-state index contributed by atoms with van der Waals surface area (Å²) in [6, 6.07) is 4.27. The van der Waals surface area contributed by atoms with Crippen LogP contribution in [0.4, 0.5) is 18.3 Å². The predicted octanol–water partition coefficient (Wildman–Crippen LogP) is 2.85. The molecular formula is C9H6F3N3OS2. The molecule has 2 rings (SSSR count). The van der Waals surface area contributed by atoms with Crippen LogP contribution in [0.3, 0.4) is 0 Å². The number of alkyl halides is 3. The average molecular weight is 293 g/mol. The number of thiocarbonyl (C=S) groups is 1. The zero-order valence-electron chi connectivity index (χ0n) is 8.62. The minimum absolute atomic E-state index is 0.00709. The number of thiazole rings is 1. The van der Waals surface area contributed by atoms with Crippen molar-refractivity contribution in [2.45, 2.75) is 6.36 Å². The minimum Gasteiger partial charge on any atom is -0.403 e. The molecule has 4 nitrogen and oxygen atoms in total. The Balaban J connectivity index is 2.42. The normalized spacial score (nSPS) is 11.5. The number of nitrogens with two attached hydrogens (primary N) is 1. The van der Waals surface area contributed by atoms with E-state index >= 15 is 0 Å². The van der Waals surface area contributed by atoms with Crippen LogP contribution < -0.4 is 15.8 Å². The van der Waals surface area contributed by atoms with Gasteiger partial charge in [0.2, 0.25) is 0 Å². The molecule has 0 saturated carbocycles. The van der Waals surface area contributed by atoms with Crippen molar-refractivity contribution in [2.75, 3.05) is 5.32 Å². The molecule has 2 aromatic rings. The number of fused-ring (bicyclic) bond motifs is 1. The van der Waals surface area contributed by atoms with Crippen LogP contribution in [-0.4, -0.2) is 16.5 Å². The Morgan fingerprint density at radius 2 is 2.17 bits per heavy atom. The van der Waals surface area contributed by atoms with Crippen molar-refractivity contribution in [3.8, 4) is 5.75 Å². The lowest BCUT2D eigenvalue weighted by Gasteiger charge is -2.08. The third-order valence-corrected chi connectivity index (χ3v) is 2.88. The van der Waals surface area contributed by atoms with E-state index in [4.69, 9.17) is 5.73 Å². The van der Waals surface area contributed by atoms with Crippen molar-refractivity contribution in [3.63, 3.8) is 0 Å². The quantitative estimate of drug-likeness (QED) is 0.834. The van der Waals surface area contributed by atoms with Crippen LogP contribution in [0.1, 0.15) is 0 Å². The summed E-state index contributed by atoms with van der Waals surface area (Å²) in [4.78, 5) is 3.95. The Labute approximate surface area is 109 Å². The van der Waals surface area contributed by atoms with Crippen LogP contribution in [0.2, 0.25) is 0 Å². The maximum Gasteiger partial charge on any atom is 0.573 e. The first kappa shape index (κ1) is 12.8. The van der Waals surface area contributed by atoms with Gasteiger partial charge >= 0.3 is 6.36 Å². The van der Waals surface area contributed by atoms with Crippen LogP contribution in [0.15, 0.2) is 18.2 Å². The molecule has 0 aliphatic carbocycles. The monoisotopic (exact) mass is 293 g/mol. The van der Waals surface area contributed by atoms with E-state index in [0.717, 1.165) is 11.3 Å². The number of ether oxygens (including phenoxy) is 1. The van der Waals surface area contributed by atoms with Gasteiger partial charge < -0.3 is 15.8 Å². The van der Waals surface area contributed by atoms with E-state index in [1.165, 1.54) is 12.1 Å². The van der Waals surface area contributed by atoms with Crippen molar-refractivity contribution in [1.29, 1.82) is 0 Å². The summed E-state index contributed by atoms with van der Waals surface area (Å²) in [6.45, 7) is 0. The third kappa shape index (κ3) is 2.99. The maximum atomic E-state index is 12.2. The lowest BCUT2D eigenvalue weighted by atomic mass is 10.3. The van der Waals surface area contributed by atoms with Crippen molar-refractivity contribution < 1.29 is 17.9 Å². The van der Waals surface area contributed by atoms with Gasteiger partial charge in [0.25, 0.3) is 0 Å². The number of anilines is 1. The second kappa shape index (κ2) is 4.58. The molecule has 0 bridgehead atoms. The lowest BCUT2D eigenvalue weighted by molar-refractivity contribution is -0.274. The Kier molecular flexibility index (Phi) is 3.26. The summed E-state index contributed by atoms with van der Waals surface area (Å²) < 4.78 is 41.0. The van der Waals surface area contributed by atoms with E-state index in [-0.39, 0.29) is 16.4 Å². The molecule has 0 spiro atoms. The molecule has 0 aliphatic heterocycles. The summed E-state index contributed by atoms with van der Waals surface area (Å²) in [7, 11) is 0. The topological polar surface area (TPSA) is 60.2 Å². The Morgan fingerprint density at radius 1 is 1.44 bits per heavy atom. The number of benzene rings is 1. The molecule has 1 aromatic carbocycles. The van der Waals surface area contributed by atoms with E-state index in [0.29, 0.717) is 9.83 Å². The SMILES string of the molecule is NC(=S)Nc1nc2c(OC(F)(F)F)cccc2s1. The number of hydrogen-bond acceptors (Lipinski definition) is 4. The second-order valence-electron chi connectivity index (χ2n) is 3.16. The van der Waals surface area contributed by atoms with E-state index in [9.17, 15) is 13.2 Å². The van der Waals surface area contributed by atoms with Crippen molar-refractivity contribution in [3.05, 3.63) is 18.2 Å². The Morgan fingerprint density at radius 3 is 2.78 bits per heavy atom. The highest BCUT2D eigenvalue weighted by atomic mass is 32.1. The van der Waals surface area contributed by atoms with Gasteiger partial charge in [-0.3, -0.25) is 0 Å². The number of halogens is 3. The first-order valence-electron chi connectivity index (χ1n) is 4.57.